The normalized spacial score (nSPS) is 38.4. The molecule has 0 radical (unpaired) electrons. The van der Waals surface area contributed by atoms with E-state index in [2.05, 4.69) is 0 Å². The smallest absolute Gasteiger partial charge is 0.310 e. The van der Waals surface area contributed by atoms with E-state index in [9.17, 15) is 18.3 Å². The fraction of sp³-hybridized carbons (Fsp3) is 0.900. The molecule has 2 aliphatic rings. The molecule has 1 heterocycles. The van der Waals surface area contributed by atoms with E-state index >= 15 is 0 Å². The number of carbonyl (C=O) groups excluding carboxylic acids is 1. The van der Waals surface area contributed by atoms with E-state index in [4.69, 9.17) is 9.29 Å². The highest BCUT2D eigenvalue weighted by molar-refractivity contribution is 7.85. The lowest BCUT2D eigenvalue weighted by Crippen LogP contribution is -2.35. The van der Waals surface area contributed by atoms with Gasteiger partial charge in [0.25, 0.3) is 10.1 Å². The molecule has 0 aromatic heterocycles. The SMILES string of the molecule is O=C1OC2(CCC(O)CC2)CC1CS(=O)(=O)O. The molecule has 0 aromatic carbocycles. The van der Waals surface area contributed by atoms with Gasteiger partial charge in [0.05, 0.1) is 17.8 Å². The van der Waals surface area contributed by atoms with E-state index in [-0.39, 0.29) is 6.10 Å². The minimum atomic E-state index is -4.16. The minimum absolute atomic E-state index is 0.318. The Bertz CT molecular complexity index is 407. The monoisotopic (exact) mass is 264 g/mol. The van der Waals surface area contributed by atoms with Gasteiger partial charge in [0.2, 0.25) is 0 Å². The van der Waals surface area contributed by atoms with Crippen LogP contribution >= 0.6 is 0 Å². The summed E-state index contributed by atoms with van der Waals surface area (Å²) in [6.07, 6.45) is 2.19. The molecule has 1 spiro atoms. The van der Waals surface area contributed by atoms with Gasteiger partial charge in [-0.3, -0.25) is 9.35 Å². The highest BCUT2D eigenvalue weighted by Gasteiger charge is 2.49. The van der Waals surface area contributed by atoms with Crippen molar-refractivity contribution in [2.24, 2.45) is 5.92 Å². The van der Waals surface area contributed by atoms with Crippen LogP contribution in [0.5, 0.6) is 0 Å². The van der Waals surface area contributed by atoms with Gasteiger partial charge in [0, 0.05) is 6.42 Å². The molecule has 1 unspecified atom stereocenters. The van der Waals surface area contributed by atoms with E-state index in [0.29, 0.717) is 32.1 Å². The summed E-state index contributed by atoms with van der Waals surface area (Å²) < 4.78 is 35.5. The van der Waals surface area contributed by atoms with Crippen LogP contribution in [0.4, 0.5) is 0 Å². The lowest BCUT2D eigenvalue weighted by atomic mass is 9.80. The fourth-order valence-corrected chi connectivity index (χ4v) is 3.45. The average molecular weight is 264 g/mol. The summed E-state index contributed by atoms with van der Waals surface area (Å²) in [4.78, 5) is 11.5. The Morgan fingerprint density at radius 3 is 2.47 bits per heavy atom. The highest BCUT2D eigenvalue weighted by Crippen LogP contribution is 2.42. The van der Waals surface area contributed by atoms with Crippen LogP contribution in [0.1, 0.15) is 32.1 Å². The molecular formula is C10H16O6S. The molecule has 1 aliphatic heterocycles. The molecule has 1 atom stereocenters. The maximum absolute atomic E-state index is 11.5. The summed E-state index contributed by atoms with van der Waals surface area (Å²) in [5.74, 6) is -1.91. The molecule has 1 saturated carbocycles. The van der Waals surface area contributed by atoms with Gasteiger partial charge in [0.1, 0.15) is 5.60 Å². The Morgan fingerprint density at radius 1 is 1.35 bits per heavy atom. The first kappa shape index (κ1) is 12.8. The van der Waals surface area contributed by atoms with Crippen molar-refractivity contribution in [2.45, 2.75) is 43.8 Å². The van der Waals surface area contributed by atoms with Crippen LogP contribution in [-0.2, 0) is 19.6 Å². The van der Waals surface area contributed by atoms with E-state index in [1.54, 1.807) is 0 Å². The van der Waals surface area contributed by atoms with Crippen molar-refractivity contribution < 1.29 is 27.6 Å². The number of hydrogen-bond acceptors (Lipinski definition) is 5. The number of hydrogen-bond donors (Lipinski definition) is 2. The zero-order chi connectivity index (χ0) is 12.7. The lowest BCUT2D eigenvalue weighted by Gasteiger charge is -2.33. The molecule has 6 nitrogen and oxygen atoms in total. The average Bonchev–Trinajstić information content (AvgIpc) is 2.47. The zero-order valence-corrected chi connectivity index (χ0v) is 10.1. The summed E-state index contributed by atoms with van der Waals surface area (Å²) >= 11 is 0. The standard InChI is InChI=1S/C10H16O6S/c11-8-1-3-10(4-2-8)5-7(9(12)16-10)6-17(13,14)15/h7-8,11H,1-6H2,(H,13,14,15). The van der Waals surface area contributed by atoms with Gasteiger partial charge in [-0.25, -0.2) is 0 Å². The molecule has 0 aromatic rings. The number of aliphatic hydroxyl groups excluding tert-OH is 1. The van der Waals surface area contributed by atoms with Crippen molar-refractivity contribution in [3.63, 3.8) is 0 Å². The maximum Gasteiger partial charge on any atom is 0.310 e. The fourth-order valence-electron chi connectivity index (χ4n) is 2.69. The molecule has 1 aliphatic carbocycles. The number of rotatable bonds is 2. The first-order valence-electron chi connectivity index (χ1n) is 5.66. The largest absolute Gasteiger partial charge is 0.459 e. The van der Waals surface area contributed by atoms with Crippen LogP contribution < -0.4 is 0 Å². The third-order valence-corrected chi connectivity index (χ3v) is 4.37. The van der Waals surface area contributed by atoms with Gasteiger partial charge >= 0.3 is 5.97 Å². The van der Waals surface area contributed by atoms with Gasteiger partial charge in [0.15, 0.2) is 0 Å². The van der Waals surface area contributed by atoms with Crippen molar-refractivity contribution in [3.8, 4) is 0 Å². The summed E-state index contributed by atoms with van der Waals surface area (Å²) in [7, 11) is -4.16. The van der Waals surface area contributed by atoms with Crippen molar-refractivity contribution in [1.29, 1.82) is 0 Å². The highest BCUT2D eigenvalue weighted by atomic mass is 32.2. The van der Waals surface area contributed by atoms with Crippen molar-refractivity contribution >= 4 is 16.1 Å². The molecule has 17 heavy (non-hydrogen) atoms. The molecular weight excluding hydrogens is 248 g/mol. The van der Waals surface area contributed by atoms with E-state index in [0.717, 1.165) is 0 Å². The van der Waals surface area contributed by atoms with Gasteiger partial charge in [-0.2, -0.15) is 8.42 Å². The Balaban J connectivity index is 2.04. The second-order valence-electron chi connectivity index (χ2n) is 4.98. The Kier molecular flexibility index (Phi) is 3.17. The first-order valence-corrected chi connectivity index (χ1v) is 7.27. The molecule has 2 N–H and O–H groups in total. The molecule has 98 valence electrons. The predicted molar refractivity (Wildman–Crippen MR) is 57.8 cm³/mol. The third kappa shape index (κ3) is 2.97. The van der Waals surface area contributed by atoms with Crippen LogP contribution in [0.25, 0.3) is 0 Å². The summed E-state index contributed by atoms with van der Waals surface area (Å²) in [6, 6.07) is 0. The molecule has 2 rings (SSSR count). The second kappa shape index (κ2) is 4.22. The molecule has 1 saturated heterocycles. The molecule has 0 bridgehead atoms. The van der Waals surface area contributed by atoms with Gasteiger partial charge < -0.3 is 9.84 Å². The Morgan fingerprint density at radius 2 is 1.94 bits per heavy atom. The lowest BCUT2D eigenvalue weighted by molar-refractivity contribution is -0.154. The number of esters is 1. The van der Waals surface area contributed by atoms with Crippen molar-refractivity contribution in [1.82, 2.24) is 0 Å². The Labute approximate surface area is 99.7 Å². The first-order chi connectivity index (χ1) is 7.80. The predicted octanol–water partition coefficient (Wildman–Crippen LogP) is 0.111. The van der Waals surface area contributed by atoms with E-state index in [1.807, 2.05) is 0 Å². The Hall–Kier alpha value is -0.660. The van der Waals surface area contributed by atoms with Crippen LogP contribution in [-0.4, -0.2) is 41.5 Å². The topological polar surface area (TPSA) is 101 Å². The zero-order valence-electron chi connectivity index (χ0n) is 9.33. The van der Waals surface area contributed by atoms with Crippen molar-refractivity contribution in [2.75, 3.05) is 5.75 Å². The van der Waals surface area contributed by atoms with Crippen molar-refractivity contribution in [3.05, 3.63) is 0 Å². The maximum atomic E-state index is 11.5. The van der Waals surface area contributed by atoms with Gasteiger partial charge in [-0.05, 0) is 25.7 Å². The summed E-state index contributed by atoms with van der Waals surface area (Å²) in [6.45, 7) is 0. The van der Waals surface area contributed by atoms with Crippen LogP contribution in [0.15, 0.2) is 0 Å². The third-order valence-electron chi connectivity index (χ3n) is 3.55. The van der Waals surface area contributed by atoms with Crippen LogP contribution in [0.3, 0.4) is 0 Å². The number of ether oxygens (including phenoxy) is 1. The summed E-state index contributed by atoms with van der Waals surface area (Å²) in [5.41, 5.74) is -0.619. The van der Waals surface area contributed by atoms with E-state index in [1.165, 1.54) is 0 Å². The number of aliphatic hydroxyl groups is 1. The number of carbonyl (C=O) groups is 1. The van der Waals surface area contributed by atoms with Crippen LogP contribution in [0.2, 0.25) is 0 Å². The minimum Gasteiger partial charge on any atom is -0.459 e. The summed E-state index contributed by atoms with van der Waals surface area (Å²) in [5, 5.41) is 9.39. The molecule has 7 heteroatoms. The van der Waals surface area contributed by atoms with Gasteiger partial charge in [-0.15, -0.1) is 0 Å². The second-order valence-corrected chi connectivity index (χ2v) is 6.48. The molecule has 2 fully saturated rings. The van der Waals surface area contributed by atoms with E-state index < -0.39 is 33.4 Å². The quantitative estimate of drug-likeness (QED) is 0.542. The van der Waals surface area contributed by atoms with Crippen LogP contribution in [0, 0.1) is 5.92 Å². The molecule has 0 amide bonds. The van der Waals surface area contributed by atoms with Gasteiger partial charge in [-0.1, -0.05) is 0 Å².